The molecule has 0 spiro atoms. The fourth-order valence-electron chi connectivity index (χ4n) is 1.84. The highest BCUT2D eigenvalue weighted by atomic mass is 79.9. The van der Waals surface area contributed by atoms with Gasteiger partial charge in [-0.2, -0.15) is 0 Å². The minimum Gasteiger partial charge on any atom is -0.489 e. The Morgan fingerprint density at radius 1 is 1.11 bits per heavy atom. The maximum absolute atomic E-state index is 5.92. The van der Waals surface area contributed by atoms with E-state index in [0.29, 0.717) is 12.5 Å². The summed E-state index contributed by atoms with van der Waals surface area (Å²) < 4.78 is 6.99. The molecule has 0 aliphatic rings. The molecule has 100 valence electrons. The SMILES string of the molecule is CC(C)c1cc(Br)ccc1OCc1ccc(Cl)cc1. The molecule has 0 N–H and O–H groups in total. The minimum atomic E-state index is 0.428. The van der Waals surface area contributed by atoms with Gasteiger partial charge in [-0.15, -0.1) is 0 Å². The zero-order valence-electron chi connectivity index (χ0n) is 11.0. The van der Waals surface area contributed by atoms with Crippen LogP contribution in [0.1, 0.15) is 30.9 Å². The Morgan fingerprint density at radius 2 is 1.79 bits per heavy atom. The smallest absolute Gasteiger partial charge is 0.123 e. The van der Waals surface area contributed by atoms with Crippen molar-refractivity contribution in [1.82, 2.24) is 0 Å². The van der Waals surface area contributed by atoms with E-state index in [9.17, 15) is 0 Å². The molecular weight excluding hydrogens is 324 g/mol. The fourth-order valence-corrected chi connectivity index (χ4v) is 2.35. The van der Waals surface area contributed by atoms with Gasteiger partial charge >= 0.3 is 0 Å². The quantitative estimate of drug-likeness (QED) is 0.683. The number of rotatable bonds is 4. The third-order valence-corrected chi connectivity index (χ3v) is 3.65. The third kappa shape index (κ3) is 3.99. The molecule has 0 atom stereocenters. The molecule has 0 radical (unpaired) electrons. The number of hydrogen-bond donors (Lipinski definition) is 0. The molecule has 3 heteroatoms. The predicted octanol–water partition coefficient (Wildman–Crippen LogP) is 5.80. The lowest BCUT2D eigenvalue weighted by Crippen LogP contribution is -1.99. The molecule has 2 aromatic carbocycles. The Bertz CT molecular complexity index is 549. The van der Waals surface area contributed by atoms with Gasteiger partial charge in [0.2, 0.25) is 0 Å². The summed E-state index contributed by atoms with van der Waals surface area (Å²) in [6, 6.07) is 13.9. The molecular formula is C16H16BrClO. The van der Waals surface area contributed by atoms with Gasteiger partial charge in [0.15, 0.2) is 0 Å². The monoisotopic (exact) mass is 338 g/mol. The average molecular weight is 340 g/mol. The van der Waals surface area contributed by atoms with Crippen molar-refractivity contribution in [3.8, 4) is 5.75 Å². The Morgan fingerprint density at radius 3 is 2.42 bits per heavy atom. The van der Waals surface area contributed by atoms with Gasteiger partial charge in [-0.3, -0.25) is 0 Å². The molecule has 0 aliphatic carbocycles. The van der Waals surface area contributed by atoms with Gasteiger partial charge in [0.05, 0.1) is 0 Å². The molecule has 0 aromatic heterocycles. The highest BCUT2D eigenvalue weighted by Crippen LogP contribution is 2.30. The lowest BCUT2D eigenvalue weighted by atomic mass is 10.0. The molecule has 0 fully saturated rings. The number of ether oxygens (including phenoxy) is 1. The molecule has 2 rings (SSSR count). The van der Waals surface area contributed by atoms with E-state index in [2.05, 4.69) is 35.8 Å². The summed E-state index contributed by atoms with van der Waals surface area (Å²) in [5.41, 5.74) is 2.32. The minimum absolute atomic E-state index is 0.428. The van der Waals surface area contributed by atoms with Gasteiger partial charge in [0.25, 0.3) is 0 Å². The predicted molar refractivity (Wildman–Crippen MR) is 84.0 cm³/mol. The van der Waals surface area contributed by atoms with Crippen molar-refractivity contribution in [3.63, 3.8) is 0 Å². The van der Waals surface area contributed by atoms with E-state index < -0.39 is 0 Å². The molecule has 0 heterocycles. The lowest BCUT2D eigenvalue weighted by Gasteiger charge is -2.14. The van der Waals surface area contributed by atoms with Crippen LogP contribution in [0.5, 0.6) is 5.75 Å². The van der Waals surface area contributed by atoms with E-state index >= 15 is 0 Å². The van der Waals surface area contributed by atoms with E-state index in [1.165, 1.54) is 5.56 Å². The molecule has 1 nitrogen and oxygen atoms in total. The zero-order valence-corrected chi connectivity index (χ0v) is 13.3. The Hall–Kier alpha value is -0.990. The van der Waals surface area contributed by atoms with Gasteiger partial charge in [0.1, 0.15) is 12.4 Å². The van der Waals surface area contributed by atoms with Gasteiger partial charge in [-0.1, -0.05) is 53.5 Å². The zero-order chi connectivity index (χ0) is 13.8. The summed E-state index contributed by atoms with van der Waals surface area (Å²) in [6.45, 7) is 4.88. The first-order valence-electron chi connectivity index (χ1n) is 6.23. The number of benzene rings is 2. The molecule has 0 unspecified atom stereocenters. The number of halogens is 2. The van der Waals surface area contributed by atoms with E-state index in [0.717, 1.165) is 20.8 Å². The van der Waals surface area contributed by atoms with Crippen molar-refractivity contribution < 1.29 is 4.74 Å². The van der Waals surface area contributed by atoms with Crippen molar-refractivity contribution in [2.45, 2.75) is 26.4 Å². The fraction of sp³-hybridized carbons (Fsp3) is 0.250. The third-order valence-electron chi connectivity index (χ3n) is 2.90. The van der Waals surface area contributed by atoms with Crippen LogP contribution in [-0.2, 0) is 6.61 Å². The Balaban J connectivity index is 2.13. The number of hydrogen-bond acceptors (Lipinski definition) is 1. The largest absolute Gasteiger partial charge is 0.489 e. The van der Waals surface area contributed by atoms with Crippen LogP contribution in [0.2, 0.25) is 5.02 Å². The lowest BCUT2D eigenvalue weighted by molar-refractivity contribution is 0.302. The second kappa shape index (κ2) is 6.44. The molecule has 0 aliphatic heterocycles. The van der Waals surface area contributed by atoms with Crippen LogP contribution in [-0.4, -0.2) is 0 Å². The Labute approximate surface area is 127 Å². The first-order chi connectivity index (χ1) is 9.06. The maximum atomic E-state index is 5.92. The maximum Gasteiger partial charge on any atom is 0.123 e. The summed E-state index contributed by atoms with van der Waals surface area (Å²) in [4.78, 5) is 0. The molecule has 0 saturated heterocycles. The van der Waals surface area contributed by atoms with Crippen LogP contribution in [0.15, 0.2) is 46.9 Å². The van der Waals surface area contributed by atoms with Gasteiger partial charge in [-0.25, -0.2) is 0 Å². The molecule has 0 amide bonds. The van der Waals surface area contributed by atoms with Crippen LogP contribution >= 0.6 is 27.5 Å². The molecule has 0 bridgehead atoms. The van der Waals surface area contributed by atoms with Crippen molar-refractivity contribution in [2.24, 2.45) is 0 Å². The highest BCUT2D eigenvalue weighted by Gasteiger charge is 2.08. The topological polar surface area (TPSA) is 9.23 Å². The van der Waals surface area contributed by atoms with E-state index in [1.807, 2.05) is 36.4 Å². The standard InChI is InChI=1S/C16H16BrClO/c1-11(2)15-9-13(17)5-8-16(15)19-10-12-3-6-14(18)7-4-12/h3-9,11H,10H2,1-2H3. The summed E-state index contributed by atoms with van der Waals surface area (Å²) in [5, 5.41) is 0.746. The van der Waals surface area contributed by atoms with Crippen molar-refractivity contribution >= 4 is 27.5 Å². The summed E-state index contributed by atoms with van der Waals surface area (Å²) >= 11 is 9.37. The average Bonchev–Trinajstić information content (AvgIpc) is 2.39. The van der Waals surface area contributed by atoms with E-state index in [4.69, 9.17) is 16.3 Å². The second-order valence-electron chi connectivity index (χ2n) is 4.75. The summed E-state index contributed by atoms with van der Waals surface area (Å²) in [5.74, 6) is 1.37. The normalized spacial score (nSPS) is 10.8. The first kappa shape index (κ1) is 14.4. The van der Waals surface area contributed by atoms with Crippen molar-refractivity contribution in [2.75, 3.05) is 0 Å². The Kier molecular flexibility index (Phi) is 4.89. The molecule has 2 aromatic rings. The van der Waals surface area contributed by atoms with Gasteiger partial charge < -0.3 is 4.74 Å². The van der Waals surface area contributed by atoms with Gasteiger partial charge in [-0.05, 0) is 47.4 Å². The van der Waals surface area contributed by atoms with E-state index in [-0.39, 0.29) is 0 Å². The highest BCUT2D eigenvalue weighted by molar-refractivity contribution is 9.10. The van der Waals surface area contributed by atoms with Crippen molar-refractivity contribution in [3.05, 3.63) is 63.1 Å². The molecule has 0 saturated carbocycles. The van der Waals surface area contributed by atoms with Crippen LogP contribution in [0.3, 0.4) is 0 Å². The summed E-state index contributed by atoms with van der Waals surface area (Å²) in [6.07, 6.45) is 0. The summed E-state index contributed by atoms with van der Waals surface area (Å²) in [7, 11) is 0. The van der Waals surface area contributed by atoms with Crippen LogP contribution < -0.4 is 4.74 Å². The second-order valence-corrected chi connectivity index (χ2v) is 6.10. The van der Waals surface area contributed by atoms with Crippen LogP contribution in [0, 0.1) is 0 Å². The van der Waals surface area contributed by atoms with Crippen molar-refractivity contribution in [1.29, 1.82) is 0 Å². The van der Waals surface area contributed by atoms with E-state index in [1.54, 1.807) is 0 Å². The van der Waals surface area contributed by atoms with Crippen LogP contribution in [0.25, 0.3) is 0 Å². The van der Waals surface area contributed by atoms with Gasteiger partial charge in [0, 0.05) is 9.50 Å². The van der Waals surface area contributed by atoms with Crippen LogP contribution in [0.4, 0.5) is 0 Å². The molecule has 19 heavy (non-hydrogen) atoms. The first-order valence-corrected chi connectivity index (χ1v) is 7.40.